The number of hydrogen-bond acceptors (Lipinski definition) is 2. The summed E-state index contributed by atoms with van der Waals surface area (Å²) in [5.41, 5.74) is 1.52. The summed E-state index contributed by atoms with van der Waals surface area (Å²) < 4.78 is 0. The lowest BCUT2D eigenvalue weighted by atomic mass is 9.96. The first-order valence-electron chi connectivity index (χ1n) is 3.80. The Bertz CT molecular complexity index is 364. The lowest BCUT2D eigenvalue weighted by Crippen LogP contribution is -2.03. The molecule has 0 bridgehead atoms. The quantitative estimate of drug-likeness (QED) is 0.630. The van der Waals surface area contributed by atoms with E-state index in [1.54, 1.807) is 12.1 Å². The lowest BCUT2D eigenvalue weighted by molar-refractivity contribution is 0.0994. The van der Waals surface area contributed by atoms with E-state index in [0.29, 0.717) is 12.0 Å². The van der Waals surface area contributed by atoms with Crippen molar-refractivity contribution in [1.82, 2.24) is 0 Å². The fourth-order valence-electron chi connectivity index (χ4n) is 1.34. The van der Waals surface area contributed by atoms with Gasteiger partial charge in [0.05, 0.1) is 0 Å². The maximum absolute atomic E-state index is 11.3. The monoisotopic (exact) mass is 160 g/mol. The van der Waals surface area contributed by atoms with Crippen LogP contribution in [0.1, 0.15) is 22.3 Å². The predicted molar refractivity (Wildman–Crippen MR) is 46.1 cm³/mol. The van der Waals surface area contributed by atoms with Gasteiger partial charge in [0.15, 0.2) is 5.78 Å². The summed E-state index contributed by atoms with van der Waals surface area (Å²) in [6, 6.07) is 4.80. The van der Waals surface area contributed by atoms with Gasteiger partial charge in [-0.25, -0.2) is 0 Å². The first-order valence-corrected chi connectivity index (χ1v) is 3.80. The number of allylic oxidation sites excluding steroid dienone is 1. The van der Waals surface area contributed by atoms with Crippen molar-refractivity contribution in [2.24, 2.45) is 0 Å². The van der Waals surface area contributed by atoms with E-state index in [1.807, 2.05) is 12.2 Å². The molecule has 0 unspecified atom stereocenters. The summed E-state index contributed by atoms with van der Waals surface area (Å²) in [5.74, 6) is 0.320. The summed E-state index contributed by atoms with van der Waals surface area (Å²) in [6.07, 6.45) is 4.14. The molecule has 1 aliphatic carbocycles. The third kappa shape index (κ3) is 1.01. The molecule has 0 atom stereocenters. The van der Waals surface area contributed by atoms with Crippen molar-refractivity contribution in [3.8, 4) is 5.75 Å². The van der Waals surface area contributed by atoms with Crippen molar-refractivity contribution in [3.05, 3.63) is 35.4 Å². The molecule has 1 N–H and O–H groups in total. The van der Waals surface area contributed by atoms with Crippen LogP contribution in [0.2, 0.25) is 0 Å². The molecule has 1 aliphatic rings. The highest BCUT2D eigenvalue weighted by molar-refractivity contribution is 6.02. The van der Waals surface area contributed by atoms with Crippen LogP contribution < -0.4 is 0 Å². The van der Waals surface area contributed by atoms with E-state index in [-0.39, 0.29) is 11.5 Å². The molecule has 0 radical (unpaired) electrons. The highest BCUT2D eigenvalue weighted by atomic mass is 16.3. The minimum Gasteiger partial charge on any atom is -0.508 e. The topological polar surface area (TPSA) is 37.3 Å². The SMILES string of the molecule is O=C1CC=Cc2cc(O)ccc21. The van der Waals surface area contributed by atoms with Gasteiger partial charge in [-0.1, -0.05) is 12.2 Å². The Labute approximate surface area is 70.2 Å². The number of benzene rings is 1. The van der Waals surface area contributed by atoms with E-state index in [2.05, 4.69) is 0 Å². The molecule has 0 amide bonds. The average Bonchev–Trinajstić information content (AvgIpc) is 2.04. The molecule has 0 heterocycles. The van der Waals surface area contributed by atoms with Gasteiger partial charge < -0.3 is 5.11 Å². The molecule has 0 saturated heterocycles. The van der Waals surface area contributed by atoms with Crippen LogP contribution in [-0.2, 0) is 0 Å². The van der Waals surface area contributed by atoms with Crippen LogP contribution in [0, 0.1) is 0 Å². The summed E-state index contributed by atoms with van der Waals surface area (Å²) in [7, 11) is 0. The maximum atomic E-state index is 11.3. The zero-order valence-corrected chi connectivity index (χ0v) is 6.45. The Morgan fingerprint density at radius 2 is 2.17 bits per heavy atom. The summed E-state index contributed by atoms with van der Waals surface area (Å²) in [6.45, 7) is 0. The molecule has 60 valence electrons. The number of fused-ring (bicyclic) bond motifs is 1. The van der Waals surface area contributed by atoms with Gasteiger partial charge in [-0.05, 0) is 23.8 Å². The van der Waals surface area contributed by atoms with Crippen molar-refractivity contribution < 1.29 is 9.90 Å². The number of hydrogen-bond donors (Lipinski definition) is 1. The predicted octanol–water partition coefficient (Wildman–Crippen LogP) is 1.99. The van der Waals surface area contributed by atoms with E-state index < -0.39 is 0 Å². The molecule has 0 saturated carbocycles. The maximum Gasteiger partial charge on any atom is 0.167 e. The van der Waals surface area contributed by atoms with Crippen molar-refractivity contribution in [1.29, 1.82) is 0 Å². The van der Waals surface area contributed by atoms with Crippen molar-refractivity contribution >= 4 is 11.9 Å². The summed E-state index contributed by atoms with van der Waals surface area (Å²) >= 11 is 0. The molecule has 0 fully saturated rings. The number of ketones is 1. The minimum atomic E-state index is 0.118. The van der Waals surface area contributed by atoms with Crippen molar-refractivity contribution in [2.45, 2.75) is 6.42 Å². The van der Waals surface area contributed by atoms with Crippen LogP contribution >= 0.6 is 0 Å². The smallest absolute Gasteiger partial charge is 0.167 e. The van der Waals surface area contributed by atoms with Crippen LogP contribution in [0.4, 0.5) is 0 Å². The highest BCUT2D eigenvalue weighted by Gasteiger charge is 2.12. The Kier molecular flexibility index (Phi) is 1.47. The van der Waals surface area contributed by atoms with Gasteiger partial charge in [0.25, 0.3) is 0 Å². The number of phenols is 1. The van der Waals surface area contributed by atoms with E-state index in [9.17, 15) is 4.79 Å². The highest BCUT2D eigenvalue weighted by Crippen LogP contribution is 2.22. The van der Waals surface area contributed by atoms with Crippen LogP contribution in [0.25, 0.3) is 6.08 Å². The van der Waals surface area contributed by atoms with Gasteiger partial charge in [0.1, 0.15) is 5.75 Å². The third-order valence-corrected chi connectivity index (χ3v) is 1.94. The standard InChI is InChI=1S/C10H8O2/c11-8-4-5-9-7(6-8)2-1-3-10(9)12/h1-2,4-6,11H,3H2. The van der Waals surface area contributed by atoms with E-state index in [1.165, 1.54) is 6.07 Å². The van der Waals surface area contributed by atoms with Gasteiger partial charge >= 0.3 is 0 Å². The molecule has 2 rings (SSSR count). The number of phenolic OH excluding ortho intramolecular Hbond substituents is 1. The Morgan fingerprint density at radius 3 is 3.00 bits per heavy atom. The van der Waals surface area contributed by atoms with Crippen LogP contribution in [0.3, 0.4) is 0 Å². The first-order chi connectivity index (χ1) is 5.77. The molecule has 12 heavy (non-hydrogen) atoms. The third-order valence-electron chi connectivity index (χ3n) is 1.94. The zero-order chi connectivity index (χ0) is 8.55. The zero-order valence-electron chi connectivity index (χ0n) is 6.45. The Hall–Kier alpha value is -1.57. The van der Waals surface area contributed by atoms with Gasteiger partial charge in [-0.15, -0.1) is 0 Å². The number of carbonyl (C=O) groups excluding carboxylic acids is 1. The Morgan fingerprint density at radius 1 is 1.33 bits per heavy atom. The van der Waals surface area contributed by atoms with E-state index in [4.69, 9.17) is 5.11 Å². The second-order valence-electron chi connectivity index (χ2n) is 2.80. The summed E-state index contributed by atoms with van der Waals surface area (Å²) in [4.78, 5) is 11.3. The lowest BCUT2D eigenvalue weighted by Gasteiger charge is -2.08. The fraction of sp³-hybridized carbons (Fsp3) is 0.100. The molecule has 1 aromatic carbocycles. The molecule has 0 aromatic heterocycles. The molecular weight excluding hydrogens is 152 g/mol. The van der Waals surface area contributed by atoms with Crippen LogP contribution in [0.15, 0.2) is 24.3 Å². The van der Waals surface area contributed by atoms with Crippen molar-refractivity contribution in [3.63, 3.8) is 0 Å². The molecule has 2 nitrogen and oxygen atoms in total. The molecule has 0 spiro atoms. The minimum absolute atomic E-state index is 0.118. The fourth-order valence-corrected chi connectivity index (χ4v) is 1.34. The second-order valence-corrected chi connectivity index (χ2v) is 2.80. The normalized spacial score (nSPS) is 14.5. The first kappa shape index (κ1) is 7.10. The van der Waals surface area contributed by atoms with Crippen LogP contribution in [-0.4, -0.2) is 10.9 Å². The number of rotatable bonds is 0. The number of aromatic hydroxyl groups is 1. The largest absolute Gasteiger partial charge is 0.508 e. The van der Waals surface area contributed by atoms with E-state index >= 15 is 0 Å². The van der Waals surface area contributed by atoms with Crippen molar-refractivity contribution in [2.75, 3.05) is 0 Å². The summed E-state index contributed by atoms with van der Waals surface area (Å²) in [5, 5.41) is 9.13. The Balaban J connectivity index is 2.62. The van der Waals surface area contributed by atoms with Gasteiger partial charge in [-0.3, -0.25) is 4.79 Å². The van der Waals surface area contributed by atoms with Gasteiger partial charge in [0, 0.05) is 12.0 Å². The molecular formula is C10H8O2. The molecule has 2 heteroatoms. The second kappa shape index (κ2) is 2.48. The molecule has 1 aromatic rings. The molecule has 0 aliphatic heterocycles. The average molecular weight is 160 g/mol. The van der Waals surface area contributed by atoms with Gasteiger partial charge in [0.2, 0.25) is 0 Å². The number of Topliss-reactive ketones (excluding diaryl/α,β-unsaturated/α-hetero) is 1. The van der Waals surface area contributed by atoms with Gasteiger partial charge in [-0.2, -0.15) is 0 Å². The number of carbonyl (C=O) groups is 1. The van der Waals surface area contributed by atoms with Crippen LogP contribution in [0.5, 0.6) is 5.75 Å². The van der Waals surface area contributed by atoms with E-state index in [0.717, 1.165) is 5.56 Å².